The second-order valence-corrected chi connectivity index (χ2v) is 3.84. The number of carbonyl (C=O) groups excluding carboxylic acids is 1. The summed E-state index contributed by atoms with van der Waals surface area (Å²) in [6.45, 7) is 0. The van der Waals surface area contributed by atoms with Crippen molar-refractivity contribution in [3.8, 4) is 0 Å². The second kappa shape index (κ2) is 5.27. The van der Waals surface area contributed by atoms with Crippen LogP contribution in [0.25, 0.3) is 0 Å². The first kappa shape index (κ1) is 12.0. The Bertz CT molecular complexity index is 530. The van der Waals surface area contributed by atoms with Crippen LogP contribution in [-0.4, -0.2) is 37.2 Å². The molecule has 0 radical (unpaired) electrons. The third kappa shape index (κ3) is 2.82. The first-order chi connectivity index (χ1) is 8.66. The summed E-state index contributed by atoms with van der Waals surface area (Å²) in [6, 6.07) is 9.29. The van der Waals surface area contributed by atoms with Gasteiger partial charge in [-0.05, 0) is 18.2 Å². The molecule has 1 heterocycles. The quantitative estimate of drug-likeness (QED) is 0.349. The van der Waals surface area contributed by atoms with E-state index in [1.54, 1.807) is 19.1 Å². The van der Waals surface area contributed by atoms with E-state index in [1.807, 2.05) is 30.3 Å². The topological polar surface area (TPSA) is 54.3 Å². The van der Waals surface area contributed by atoms with Gasteiger partial charge in [-0.3, -0.25) is 0 Å². The first-order valence-electron chi connectivity index (χ1n) is 5.44. The highest BCUT2D eigenvalue weighted by Gasteiger charge is 2.23. The van der Waals surface area contributed by atoms with E-state index in [2.05, 4.69) is 10.1 Å². The van der Waals surface area contributed by atoms with Crippen molar-refractivity contribution < 1.29 is 9.53 Å². The van der Waals surface area contributed by atoms with Crippen LogP contribution in [0, 0.1) is 0 Å². The molecule has 0 aliphatic carbocycles. The molecule has 18 heavy (non-hydrogen) atoms. The van der Waals surface area contributed by atoms with Crippen LogP contribution in [0.15, 0.2) is 52.2 Å². The SMILES string of the molecule is CN(C)/N=C/C=C1\N=C(c2ccccc2)OC1=O. The summed E-state index contributed by atoms with van der Waals surface area (Å²) in [4.78, 5) is 15.7. The van der Waals surface area contributed by atoms with Crippen LogP contribution in [0.1, 0.15) is 5.56 Å². The van der Waals surface area contributed by atoms with Gasteiger partial charge in [0.1, 0.15) is 0 Å². The zero-order valence-electron chi connectivity index (χ0n) is 10.2. The Morgan fingerprint density at radius 1 is 1.28 bits per heavy atom. The van der Waals surface area contributed by atoms with Crippen molar-refractivity contribution in [2.45, 2.75) is 0 Å². The van der Waals surface area contributed by atoms with Gasteiger partial charge in [-0.15, -0.1) is 0 Å². The first-order valence-corrected chi connectivity index (χ1v) is 5.44. The van der Waals surface area contributed by atoms with Crippen molar-refractivity contribution in [2.75, 3.05) is 14.1 Å². The second-order valence-electron chi connectivity index (χ2n) is 3.84. The van der Waals surface area contributed by atoms with Gasteiger partial charge in [0.15, 0.2) is 5.70 Å². The molecule has 0 fully saturated rings. The summed E-state index contributed by atoms with van der Waals surface area (Å²) in [7, 11) is 3.58. The molecule has 1 aliphatic rings. The standard InChI is InChI=1S/C13H13N3O2/c1-16(2)14-9-8-11-13(17)18-12(15-11)10-6-4-3-5-7-10/h3-9H,1-2H3/b11-8-,14-9+. The van der Waals surface area contributed by atoms with Crippen molar-refractivity contribution in [3.05, 3.63) is 47.7 Å². The number of cyclic esters (lactones) is 1. The molecule has 0 saturated heterocycles. The fourth-order valence-corrected chi connectivity index (χ4v) is 1.36. The predicted octanol–water partition coefficient (Wildman–Crippen LogP) is 1.42. The number of carbonyl (C=O) groups is 1. The maximum atomic E-state index is 11.6. The molecule has 0 aromatic heterocycles. The Kier molecular flexibility index (Phi) is 3.52. The predicted molar refractivity (Wildman–Crippen MR) is 69.3 cm³/mol. The van der Waals surface area contributed by atoms with Crippen LogP contribution in [0.5, 0.6) is 0 Å². The number of esters is 1. The monoisotopic (exact) mass is 243 g/mol. The summed E-state index contributed by atoms with van der Waals surface area (Å²) < 4.78 is 5.09. The average Bonchev–Trinajstić information content (AvgIpc) is 2.72. The van der Waals surface area contributed by atoms with Crippen LogP contribution in [0.4, 0.5) is 0 Å². The number of ether oxygens (including phenoxy) is 1. The lowest BCUT2D eigenvalue weighted by Crippen LogP contribution is -2.05. The largest absolute Gasteiger partial charge is 0.402 e. The van der Waals surface area contributed by atoms with E-state index in [0.29, 0.717) is 5.90 Å². The van der Waals surface area contributed by atoms with Gasteiger partial charge in [0.25, 0.3) is 0 Å². The van der Waals surface area contributed by atoms with Gasteiger partial charge in [-0.1, -0.05) is 18.2 Å². The zero-order chi connectivity index (χ0) is 13.0. The molecule has 0 unspecified atom stereocenters. The highest BCUT2D eigenvalue weighted by molar-refractivity contribution is 6.12. The summed E-state index contributed by atoms with van der Waals surface area (Å²) in [5.74, 6) is -0.135. The number of hydrogen-bond acceptors (Lipinski definition) is 5. The van der Waals surface area contributed by atoms with Crippen LogP contribution >= 0.6 is 0 Å². The fraction of sp³-hybridized carbons (Fsp3) is 0.154. The molecule has 0 saturated carbocycles. The number of rotatable bonds is 3. The summed E-state index contributed by atoms with van der Waals surface area (Å²) in [5, 5.41) is 5.60. The average molecular weight is 243 g/mol. The Morgan fingerprint density at radius 2 is 2.00 bits per heavy atom. The minimum atomic E-state index is -0.459. The fourth-order valence-electron chi connectivity index (χ4n) is 1.36. The van der Waals surface area contributed by atoms with Crippen LogP contribution < -0.4 is 0 Å². The minimum Gasteiger partial charge on any atom is -0.402 e. The van der Waals surface area contributed by atoms with E-state index < -0.39 is 5.97 Å². The van der Waals surface area contributed by atoms with Crippen molar-refractivity contribution in [1.29, 1.82) is 0 Å². The number of allylic oxidation sites excluding steroid dienone is 1. The van der Waals surface area contributed by atoms with Gasteiger partial charge in [0.05, 0.1) is 0 Å². The van der Waals surface area contributed by atoms with Crippen molar-refractivity contribution in [1.82, 2.24) is 5.01 Å². The minimum absolute atomic E-state index is 0.249. The highest BCUT2D eigenvalue weighted by atomic mass is 16.6. The Balaban J connectivity index is 2.20. The number of nitrogens with zero attached hydrogens (tertiary/aromatic N) is 3. The zero-order valence-corrected chi connectivity index (χ0v) is 10.2. The Hall–Kier alpha value is -2.43. The van der Waals surface area contributed by atoms with Crippen LogP contribution in [-0.2, 0) is 9.53 Å². The normalized spacial score (nSPS) is 17.1. The van der Waals surface area contributed by atoms with E-state index in [-0.39, 0.29) is 5.70 Å². The van der Waals surface area contributed by atoms with Gasteiger partial charge in [-0.25, -0.2) is 9.79 Å². The smallest absolute Gasteiger partial charge is 0.363 e. The molecule has 5 heteroatoms. The lowest BCUT2D eigenvalue weighted by atomic mass is 10.2. The van der Waals surface area contributed by atoms with E-state index >= 15 is 0 Å². The molecular formula is C13H13N3O2. The van der Waals surface area contributed by atoms with E-state index in [9.17, 15) is 4.79 Å². The summed E-state index contributed by atoms with van der Waals surface area (Å²) >= 11 is 0. The number of hydrazone groups is 1. The molecule has 0 atom stereocenters. The number of hydrogen-bond donors (Lipinski definition) is 0. The third-order valence-corrected chi connectivity index (χ3v) is 2.17. The van der Waals surface area contributed by atoms with E-state index in [1.165, 1.54) is 12.3 Å². The maximum Gasteiger partial charge on any atom is 0.363 e. The molecule has 1 aromatic rings. The lowest BCUT2D eigenvalue weighted by Gasteiger charge is -1.99. The molecule has 2 rings (SSSR count). The Labute approximate surface area is 105 Å². The number of benzene rings is 1. The molecule has 0 spiro atoms. The third-order valence-electron chi connectivity index (χ3n) is 2.17. The van der Waals surface area contributed by atoms with E-state index in [4.69, 9.17) is 4.74 Å². The molecule has 1 aliphatic heterocycles. The Morgan fingerprint density at radius 3 is 2.67 bits per heavy atom. The molecule has 0 bridgehead atoms. The molecule has 0 N–H and O–H groups in total. The highest BCUT2D eigenvalue weighted by Crippen LogP contribution is 2.15. The van der Waals surface area contributed by atoms with Gasteiger partial charge in [0.2, 0.25) is 5.90 Å². The summed E-state index contributed by atoms with van der Waals surface area (Å²) in [6.07, 6.45) is 3.03. The van der Waals surface area contributed by atoms with Crippen molar-refractivity contribution in [3.63, 3.8) is 0 Å². The summed E-state index contributed by atoms with van der Waals surface area (Å²) in [5.41, 5.74) is 1.03. The molecule has 92 valence electrons. The molecular weight excluding hydrogens is 230 g/mol. The molecule has 1 aromatic carbocycles. The van der Waals surface area contributed by atoms with E-state index in [0.717, 1.165) is 5.56 Å². The van der Waals surface area contributed by atoms with Crippen LogP contribution in [0.2, 0.25) is 0 Å². The van der Waals surface area contributed by atoms with Gasteiger partial charge >= 0.3 is 5.97 Å². The van der Waals surface area contributed by atoms with Crippen molar-refractivity contribution >= 4 is 18.1 Å². The van der Waals surface area contributed by atoms with Crippen LogP contribution in [0.3, 0.4) is 0 Å². The maximum absolute atomic E-state index is 11.6. The molecule has 5 nitrogen and oxygen atoms in total. The van der Waals surface area contributed by atoms with Gasteiger partial charge in [-0.2, -0.15) is 5.10 Å². The van der Waals surface area contributed by atoms with Crippen molar-refractivity contribution in [2.24, 2.45) is 10.1 Å². The molecule has 0 amide bonds. The van der Waals surface area contributed by atoms with Gasteiger partial charge < -0.3 is 9.75 Å². The number of aliphatic imine (C=N–C) groups is 1. The lowest BCUT2D eigenvalue weighted by molar-refractivity contribution is -0.130. The van der Waals surface area contributed by atoms with Gasteiger partial charge in [0, 0.05) is 25.9 Å².